The van der Waals surface area contributed by atoms with Gasteiger partial charge >= 0.3 is 12.5 Å². The average molecular weight is 498 g/mol. The molecule has 1 unspecified atom stereocenters. The van der Waals surface area contributed by atoms with Gasteiger partial charge in [-0.2, -0.15) is 8.78 Å². The third kappa shape index (κ3) is 5.00. The number of likely N-dealkylation sites (tertiary alicyclic amines) is 1. The summed E-state index contributed by atoms with van der Waals surface area (Å²) in [5.41, 5.74) is 0.543. The Balaban J connectivity index is 1.62. The molecular formula is C22H20ClF4N5O2. The molecule has 4 rings (SSSR count). The van der Waals surface area contributed by atoms with Crippen LogP contribution in [0.25, 0.3) is 11.5 Å². The van der Waals surface area contributed by atoms with Crippen LogP contribution in [0.5, 0.6) is 0 Å². The highest BCUT2D eigenvalue weighted by Crippen LogP contribution is 2.29. The molecule has 1 aromatic heterocycles. The smallest absolute Gasteiger partial charge is 0.324 e. The van der Waals surface area contributed by atoms with E-state index in [-0.39, 0.29) is 40.7 Å². The summed E-state index contributed by atoms with van der Waals surface area (Å²) in [7, 11) is 1.81. The first-order chi connectivity index (χ1) is 16.3. The van der Waals surface area contributed by atoms with Crippen LogP contribution in [0.4, 0.5) is 28.0 Å². The maximum Gasteiger partial charge on any atom is 0.324 e. The summed E-state index contributed by atoms with van der Waals surface area (Å²) in [6.45, 7) is 0.784. The molecule has 1 N–H and O–H groups in total. The summed E-state index contributed by atoms with van der Waals surface area (Å²) < 4.78 is 59.0. The minimum Gasteiger partial charge on any atom is -0.415 e. The van der Waals surface area contributed by atoms with Gasteiger partial charge in [-0.3, -0.25) is 4.90 Å². The van der Waals surface area contributed by atoms with Gasteiger partial charge in [0.25, 0.3) is 5.89 Å². The zero-order valence-corrected chi connectivity index (χ0v) is 18.7. The topological polar surface area (TPSA) is 74.5 Å². The minimum absolute atomic E-state index is 0.111. The number of benzene rings is 2. The lowest BCUT2D eigenvalue weighted by Crippen LogP contribution is -2.43. The molecule has 2 heterocycles. The number of hydrogen-bond donors (Lipinski definition) is 1. The number of carbonyl (C=O) groups excluding carboxylic acids is 1. The molecule has 0 radical (unpaired) electrons. The van der Waals surface area contributed by atoms with Crippen molar-refractivity contribution in [2.45, 2.75) is 25.4 Å². The molecule has 180 valence electrons. The van der Waals surface area contributed by atoms with Gasteiger partial charge in [0, 0.05) is 35.9 Å². The number of nitrogens with one attached hydrogen (secondary N) is 1. The number of likely N-dealkylation sites (N-methyl/N-ethyl adjacent to an activating group) is 1. The fraction of sp³-hybridized carbons (Fsp3) is 0.318. The van der Waals surface area contributed by atoms with Crippen molar-refractivity contribution in [3.8, 4) is 11.5 Å². The van der Waals surface area contributed by atoms with Gasteiger partial charge in [0.05, 0.1) is 11.6 Å². The molecule has 0 spiro atoms. The van der Waals surface area contributed by atoms with Gasteiger partial charge in [0.1, 0.15) is 11.6 Å². The predicted molar refractivity (Wildman–Crippen MR) is 117 cm³/mol. The Bertz CT molecular complexity index is 1190. The molecule has 12 heteroatoms. The molecule has 0 aliphatic carbocycles. The van der Waals surface area contributed by atoms with Crippen molar-refractivity contribution < 1.29 is 26.8 Å². The lowest BCUT2D eigenvalue weighted by atomic mass is 10.1. The normalized spacial score (nSPS) is 15.9. The van der Waals surface area contributed by atoms with Gasteiger partial charge in [0.15, 0.2) is 0 Å². The van der Waals surface area contributed by atoms with Crippen LogP contribution in [-0.2, 0) is 6.54 Å². The van der Waals surface area contributed by atoms with Crippen LogP contribution in [0.3, 0.4) is 0 Å². The molecule has 34 heavy (non-hydrogen) atoms. The molecule has 2 amide bonds. The zero-order chi connectivity index (χ0) is 24.4. The molecule has 1 fully saturated rings. The first kappa shape index (κ1) is 24.0. The summed E-state index contributed by atoms with van der Waals surface area (Å²) >= 11 is 5.93. The first-order valence-electron chi connectivity index (χ1n) is 10.4. The van der Waals surface area contributed by atoms with Crippen molar-refractivity contribution >= 4 is 23.3 Å². The van der Waals surface area contributed by atoms with Crippen molar-refractivity contribution in [1.82, 2.24) is 20.4 Å². The number of halogens is 5. The predicted octanol–water partition coefficient (Wildman–Crippen LogP) is 5.03. The number of aromatic nitrogens is 2. The minimum atomic E-state index is -2.94. The fourth-order valence-corrected chi connectivity index (χ4v) is 3.86. The monoisotopic (exact) mass is 497 g/mol. The van der Waals surface area contributed by atoms with Gasteiger partial charge in [-0.15, -0.1) is 10.2 Å². The van der Waals surface area contributed by atoms with Gasteiger partial charge in [-0.25, -0.2) is 13.6 Å². The van der Waals surface area contributed by atoms with Gasteiger partial charge in [0.2, 0.25) is 5.89 Å². The third-order valence-corrected chi connectivity index (χ3v) is 5.86. The van der Waals surface area contributed by atoms with Crippen molar-refractivity contribution in [1.29, 1.82) is 0 Å². The Labute approximate surface area is 197 Å². The van der Waals surface area contributed by atoms with Crippen LogP contribution in [0.1, 0.15) is 24.3 Å². The van der Waals surface area contributed by atoms with E-state index in [9.17, 15) is 22.4 Å². The van der Waals surface area contributed by atoms with Crippen molar-refractivity contribution in [2.24, 2.45) is 0 Å². The van der Waals surface area contributed by atoms with Crippen LogP contribution >= 0.6 is 11.6 Å². The van der Waals surface area contributed by atoms with E-state index in [4.69, 9.17) is 16.0 Å². The van der Waals surface area contributed by atoms with Crippen LogP contribution in [0.15, 0.2) is 40.8 Å². The first-order valence-corrected chi connectivity index (χ1v) is 10.7. The maximum absolute atomic E-state index is 15.0. The standard InChI is InChI=1S/C22H20ClF4N5O2/c1-28-14-6-7-31(11-14)22(33)32(15-4-5-17(24)16(23)9-15)10-13-3-2-12(8-18(13)25)20-29-30-21(34-20)19(26)27/h2-5,8-9,14,19,28H,6-7,10-11H2,1H3. The highest BCUT2D eigenvalue weighted by atomic mass is 35.5. The van der Waals surface area contributed by atoms with E-state index in [0.29, 0.717) is 18.8 Å². The molecule has 7 nitrogen and oxygen atoms in total. The molecular weight excluding hydrogens is 478 g/mol. The number of hydrogen-bond acceptors (Lipinski definition) is 5. The molecule has 3 aromatic rings. The molecule has 0 saturated carbocycles. The number of nitrogens with zero attached hydrogens (tertiary/aromatic N) is 4. The van der Waals surface area contributed by atoms with Gasteiger partial charge in [-0.1, -0.05) is 17.7 Å². The van der Waals surface area contributed by atoms with E-state index in [1.165, 1.54) is 29.2 Å². The van der Waals surface area contributed by atoms with E-state index in [1.54, 1.807) is 11.9 Å². The number of rotatable bonds is 6. The number of alkyl halides is 2. The number of urea groups is 1. The highest BCUT2D eigenvalue weighted by Gasteiger charge is 2.30. The molecule has 2 aromatic carbocycles. The van der Waals surface area contributed by atoms with Crippen molar-refractivity contribution in [3.63, 3.8) is 0 Å². The lowest BCUT2D eigenvalue weighted by molar-refractivity contribution is 0.116. The Morgan fingerprint density at radius 1 is 1.24 bits per heavy atom. The van der Waals surface area contributed by atoms with Crippen molar-refractivity contribution in [3.05, 3.63) is 64.5 Å². The van der Waals surface area contributed by atoms with Crippen LogP contribution < -0.4 is 10.2 Å². The van der Waals surface area contributed by atoms with E-state index < -0.39 is 24.0 Å². The second-order valence-electron chi connectivity index (χ2n) is 7.74. The molecule has 1 aliphatic heterocycles. The molecule has 0 bridgehead atoms. The Kier molecular flexibility index (Phi) is 7.03. The zero-order valence-electron chi connectivity index (χ0n) is 17.9. The second kappa shape index (κ2) is 9.98. The Morgan fingerprint density at radius 3 is 2.65 bits per heavy atom. The van der Waals surface area contributed by atoms with Crippen molar-refractivity contribution in [2.75, 3.05) is 25.0 Å². The summed E-state index contributed by atoms with van der Waals surface area (Å²) in [5, 5.41) is 9.69. The molecule has 1 aliphatic rings. The van der Waals surface area contributed by atoms with Crippen LogP contribution in [0, 0.1) is 11.6 Å². The fourth-order valence-electron chi connectivity index (χ4n) is 3.68. The lowest BCUT2D eigenvalue weighted by Gasteiger charge is -2.29. The Morgan fingerprint density at radius 2 is 2.03 bits per heavy atom. The third-order valence-electron chi connectivity index (χ3n) is 5.57. The molecule has 1 saturated heterocycles. The van der Waals surface area contributed by atoms with Gasteiger partial charge in [-0.05, 0) is 43.8 Å². The summed E-state index contributed by atoms with van der Waals surface area (Å²) in [6.07, 6.45) is -2.19. The Hall–Kier alpha value is -3.18. The van der Waals surface area contributed by atoms with E-state index in [0.717, 1.165) is 18.6 Å². The van der Waals surface area contributed by atoms with Crippen LogP contribution in [-0.4, -0.2) is 47.3 Å². The number of carbonyl (C=O) groups is 1. The highest BCUT2D eigenvalue weighted by molar-refractivity contribution is 6.31. The largest absolute Gasteiger partial charge is 0.415 e. The van der Waals surface area contributed by atoms with E-state index in [2.05, 4.69) is 15.5 Å². The number of amides is 2. The van der Waals surface area contributed by atoms with Crippen LogP contribution in [0.2, 0.25) is 5.02 Å². The second-order valence-corrected chi connectivity index (χ2v) is 8.15. The SMILES string of the molecule is CNC1CCN(C(=O)N(Cc2ccc(-c3nnc(C(F)F)o3)cc2F)c2ccc(F)c(Cl)c2)C1. The van der Waals surface area contributed by atoms with E-state index >= 15 is 0 Å². The molecule has 1 atom stereocenters. The summed E-state index contributed by atoms with van der Waals surface area (Å²) in [5.74, 6) is -2.48. The number of anilines is 1. The maximum atomic E-state index is 15.0. The average Bonchev–Trinajstić information content (AvgIpc) is 3.50. The summed E-state index contributed by atoms with van der Waals surface area (Å²) in [6, 6.07) is 7.45. The quantitative estimate of drug-likeness (QED) is 0.484. The van der Waals surface area contributed by atoms with E-state index in [1.807, 2.05) is 0 Å². The van der Waals surface area contributed by atoms with Gasteiger partial charge < -0.3 is 14.6 Å². The summed E-state index contributed by atoms with van der Waals surface area (Å²) in [4.78, 5) is 16.3.